The van der Waals surface area contributed by atoms with Crippen LogP contribution in [-0.4, -0.2) is 35.6 Å². The van der Waals surface area contributed by atoms with Gasteiger partial charge in [-0.25, -0.2) is 0 Å². The lowest BCUT2D eigenvalue weighted by atomic mass is 9.66. The van der Waals surface area contributed by atoms with E-state index < -0.39 is 11.7 Å². The van der Waals surface area contributed by atoms with E-state index in [1.165, 1.54) is 6.20 Å². The second kappa shape index (κ2) is 5.57. The first-order valence-corrected chi connectivity index (χ1v) is 7.41. The minimum absolute atomic E-state index is 0. The largest absolute Gasteiger partial charge is 0.487 e. The van der Waals surface area contributed by atoms with Crippen LogP contribution in [0.4, 0.5) is 13.2 Å². The fraction of sp³-hybridized carbons (Fsp3) is 0.667. The molecule has 1 aromatic rings. The van der Waals surface area contributed by atoms with Crippen molar-refractivity contribution in [2.45, 2.75) is 25.1 Å². The number of piperidine rings is 3. The normalized spacial score (nSPS) is 36.0. The van der Waals surface area contributed by atoms with E-state index in [0.717, 1.165) is 44.7 Å². The molecule has 0 unspecified atom stereocenters. The number of hydrogen-bond acceptors (Lipinski definition) is 3. The van der Waals surface area contributed by atoms with Crippen molar-refractivity contribution < 1.29 is 17.9 Å². The van der Waals surface area contributed by atoms with Crippen molar-refractivity contribution in [2.75, 3.05) is 19.6 Å². The van der Waals surface area contributed by atoms with Gasteiger partial charge in [0.2, 0.25) is 0 Å². The second-order valence-electron chi connectivity index (χ2n) is 6.53. The molecule has 4 aliphatic rings. The van der Waals surface area contributed by atoms with Gasteiger partial charge < -0.3 is 9.64 Å². The van der Waals surface area contributed by atoms with Gasteiger partial charge in [0.15, 0.2) is 0 Å². The van der Waals surface area contributed by atoms with Crippen LogP contribution in [0.25, 0.3) is 0 Å². The van der Waals surface area contributed by atoms with Gasteiger partial charge in [0.05, 0.1) is 6.20 Å². The zero-order valence-electron chi connectivity index (χ0n) is 11.9. The highest BCUT2D eigenvalue weighted by molar-refractivity contribution is 5.85. The highest BCUT2D eigenvalue weighted by atomic mass is 35.5. The van der Waals surface area contributed by atoms with Gasteiger partial charge in [-0.15, -0.1) is 12.4 Å². The smallest absolute Gasteiger partial charge is 0.420 e. The Hall–Kier alpha value is -1.01. The lowest BCUT2D eigenvalue weighted by Gasteiger charge is -2.55. The molecule has 4 heterocycles. The molecule has 122 valence electrons. The van der Waals surface area contributed by atoms with E-state index in [1.54, 1.807) is 0 Å². The standard InChI is InChI=1S/C15H17F3N2O.ClH/c16-15(17,18)12-1-2-19-5-13(12)21-14-10-3-9-4-11(14)8-20(6-9)7-10;/h1-2,5,9-11,14H,3-4,6-8H2;1H/t9?,10-,11-,14?;/m0./s1. The molecule has 0 amide bonds. The molecule has 7 heteroatoms. The third-order valence-electron chi connectivity index (χ3n) is 5.06. The highest BCUT2D eigenvalue weighted by Crippen LogP contribution is 2.46. The molecule has 0 radical (unpaired) electrons. The molecule has 1 saturated carbocycles. The third kappa shape index (κ3) is 2.67. The Labute approximate surface area is 133 Å². The second-order valence-corrected chi connectivity index (χ2v) is 6.53. The van der Waals surface area contributed by atoms with E-state index >= 15 is 0 Å². The maximum absolute atomic E-state index is 13.0. The maximum Gasteiger partial charge on any atom is 0.420 e. The van der Waals surface area contributed by atoms with Gasteiger partial charge >= 0.3 is 6.18 Å². The molecule has 1 aliphatic carbocycles. The van der Waals surface area contributed by atoms with Crippen molar-refractivity contribution in [3.8, 4) is 5.75 Å². The summed E-state index contributed by atoms with van der Waals surface area (Å²) in [4.78, 5) is 6.24. The van der Waals surface area contributed by atoms with Crippen LogP contribution in [-0.2, 0) is 6.18 Å². The lowest BCUT2D eigenvalue weighted by molar-refractivity contribution is -0.142. The Morgan fingerprint density at radius 1 is 1.14 bits per heavy atom. The quantitative estimate of drug-likeness (QED) is 0.830. The molecule has 0 spiro atoms. The summed E-state index contributed by atoms with van der Waals surface area (Å²) in [7, 11) is 0. The first-order valence-electron chi connectivity index (χ1n) is 7.41. The van der Waals surface area contributed by atoms with Crippen LogP contribution in [0, 0.1) is 17.8 Å². The molecule has 0 aromatic carbocycles. The highest BCUT2D eigenvalue weighted by Gasteiger charge is 2.49. The predicted octanol–water partition coefficient (Wildman–Crippen LogP) is 3.24. The Morgan fingerprint density at radius 2 is 1.82 bits per heavy atom. The fourth-order valence-corrected chi connectivity index (χ4v) is 4.41. The topological polar surface area (TPSA) is 25.4 Å². The molecule has 1 aromatic heterocycles. The molecule has 5 rings (SSSR count). The fourth-order valence-electron chi connectivity index (χ4n) is 4.41. The number of rotatable bonds is 2. The van der Waals surface area contributed by atoms with E-state index in [4.69, 9.17) is 4.74 Å². The maximum atomic E-state index is 13.0. The molecule has 4 fully saturated rings. The van der Waals surface area contributed by atoms with Crippen LogP contribution in [0.1, 0.15) is 18.4 Å². The summed E-state index contributed by atoms with van der Waals surface area (Å²) in [6, 6.07) is 0.995. The van der Waals surface area contributed by atoms with Gasteiger partial charge in [0, 0.05) is 37.7 Å². The average Bonchev–Trinajstić information content (AvgIpc) is 2.41. The Balaban J connectivity index is 0.00000144. The van der Waals surface area contributed by atoms with Gasteiger partial charge in [-0.2, -0.15) is 13.2 Å². The van der Waals surface area contributed by atoms with Crippen LogP contribution in [0.5, 0.6) is 5.75 Å². The molecule has 3 nitrogen and oxygen atoms in total. The number of pyridine rings is 1. The SMILES string of the molecule is Cl.FC(F)(F)c1ccncc1OC1[C@H]2CC3C[C@H]1CN(C3)C2. The molecular weight excluding hydrogens is 317 g/mol. The Bertz CT molecular complexity index is 524. The van der Waals surface area contributed by atoms with Crippen molar-refractivity contribution in [1.29, 1.82) is 0 Å². The van der Waals surface area contributed by atoms with Crippen LogP contribution in [0.2, 0.25) is 0 Å². The van der Waals surface area contributed by atoms with Crippen LogP contribution >= 0.6 is 12.4 Å². The minimum atomic E-state index is -4.40. The van der Waals surface area contributed by atoms with Crippen molar-refractivity contribution in [1.82, 2.24) is 9.88 Å². The summed E-state index contributed by atoms with van der Waals surface area (Å²) >= 11 is 0. The Kier molecular flexibility index (Phi) is 4.01. The van der Waals surface area contributed by atoms with Crippen LogP contribution in [0.15, 0.2) is 18.5 Å². The number of aromatic nitrogens is 1. The van der Waals surface area contributed by atoms with E-state index in [2.05, 4.69) is 9.88 Å². The number of ether oxygens (including phenoxy) is 1. The summed E-state index contributed by atoms with van der Waals surface area (Å²) in [5.74, 6) is 1.31. The summed E-state index contributed by atoms with van der Waals surface area (Å²) < 4.78 is 45.0. The predicted molar refractivity (Wildman–Crippen MR) is 77.0 cm³/mol. The van der Waals surface area contributed by atoms with Gasteiger partial charge in [-0.05, 0) is 24.8 Å². The lowest BCUT2D eigenvalue weighted by Crippen LogP contribution is -2.61. The summed E-state index contributed by atoms with van der Waals surface area (Å²) in [5.41, 5.74) is -0.716. The Morgan fingerprint density at radius 3 is 2.41 bits per heavy atom. The first-order chi connectivity index (χ1) is 10.0. The van der Waals surface area contributed by atoms with E-state index in [1.807, 2.05) is 0 Å². The molecule has 4 bridgehead atoms. The van der Waals surface area contributed by atoms with Crippen molar-refractivity contribution >= 4 is 12.4 Å². The van der Waals surface area contributed by atoms with Gasteiger partial charge in [-0.3, -0.25) is 4.98 Å². The summed E-state index contributed by atoms with van der Waals surface area (Å²) in [6.07, 6.45) is 0.0432. The minimum Gasteiger partial charge on any atom is -0.487 e. The number of hydrogen-bond donors (Lipinski definition) is 0. The first kappa shape index (κ1) is 15.9. The number of alkyl halides is 3. The van der Waals surface area contributed by atoms with Gasteiger partial charge in [-0.1, -0.05) is 0 Å². The molecule has 3 aliphatic heterocycles. The van der Waals surface area contributed by atoms with Gasteiger partial charge in [0.25, 0.3) is 0 Å². The average molecular weight is 335 g/mol. The number of nitrogens with zero attached hydrogens (tertiary/aromatic N) is 2. The van der Waals surface area contributed by atoms with E-state index in [-0.39, 0.29) is 24.3 Å². The molecule has 3 saturated heterocycles. The van der Waals surface area contributed by atoms with Crippen LogP contribution in [0.3, 0.4) is 0 Å². The number of halogens is 4. The summed E-state index contributed by atoms with van der Waals surface area (Å²) in [6.45, 7) is 3.07. The van der Waals surface area contributed by atoms with Crippen molar-refractivity contribution in [3.05, 3.63) is 24.0 Å². The molecule has 22 heavy (non-hydrogen) atoms. The van der Waals surface area contributed by atoms with E-state index in [0.29, 0.717) is 17.8 Å². The third-order valence-corrected chi connectivity index (χ3v) is 5.06. The molecular formula is C15H18ClF3N2O. The molecule has 2 atom stereocenters. The monoisotopic (exact) mass is 334 g/mol. The van der Waals surface area contributed by atoms with Crippen molar-refractivity contribution in [3.63, 3.8) is 0 Å². The van der Waals surface area contributed by atoms with Crippen LogP contribution < -0.4 is 4.74 Å². The summed E-state index contributed by atoms with van der Waals surface area (Å²) in [5, 5.41) is 0. The van der Waals surface area contributed by atoms with Gasteiger partial charge in [0.1, 0.15) is 17.4 Å². The zero-order chi connectivity index (χ0) is 14.6. The van der Waals surface area contributed by atoms with Crippen molar-refractivity contribution in [2.24, 2.45) is 17.8 Å². The molecule has 0 N–H and O–H groups in total. The van der Waals surface area contributed by atoms with E-state index in [9.17, 15) is 13.2 Å². The zero-order valence-corrected chi connectivity index (χ0v) is 12.7.